The first-order chi connectivity index (χ1) is 11.1. The molecule has 1 saturated heterocycles. The maximum Gasteiger partial charge on any atom is 0.214 e. The molecule has 0 radical (unpaired) electrons. The van der Waals surface area contributed by atoms with Crippen LogP contribution in [0.1, 0.15) is 6.42 Å². The van der Waals surface area contributed by atoms with Crippen LogP contribution in [0.4, 0.5) is 9.52 Å². The van der Waals surface area contributed by atoms with Crippen LogP contribution in [0.5, 0.6) is 0 Å². The van der Waals surface area contributed by atoms with Gasteiger partial charge >= 0.3 is 0 Å². The van der Waals surface area contributed by atoms with Crippen molar-refractivity contribution in [3.8, 4) is 11.3 Å². The number of hydrogen-bond donors (Lipinski definition) is 2. The third kappa shape index (κ3) is 3.06. The van der Waals surface area contributed by atoms with Crippen molar-refractivity contribution in [2.45, 2.75) is 12.0 Å². The molecule has 1 fully saturated rings. The number of hydrogen-bond acceptors (Lipinski definition) is 6. The number of aliphatic hydroxyl groups is 1. The normalized spacial score (nSPS) is 21.1. The molecule has 4 rings (SSSR count). The Morgan fingerprint density at radius 1 is 1.35 bits per heavy atom. The number of rotatable bonds is 4. The summed E-state index contributed by atoms with van der Waals surface area (Å²) in [6.07, 6.45) is 2.63. The number of thioether (sulfide) groups is 1. The summed E-state index contributed by atoms with van der Waals surface area (Å²) >= 11 is 3.21. The van der Waals surface area contributed by atoms with Gasteiger partial charge in [-0.15, -0.1) is 5.10 Å². The van der Waals surface area contributed by atoms with Crippen LogP contribution in [0.25, 0.3) is 16.2 Å². The van der Waals surface area contributed by atoms with E-state index >= 15 is 0 Å². The highest BCUT2D eigenvalue weighted by Crippen LogP contribution is 2.29. The Kier molecular flexibility index (Phi) is 3.74. The zero-order chi connectivity index (χ0) is 15.9. The van der Waals surface area contributed by atoms with E-state index in [1.807, 2.05) is 6.20 Å². The second kappa shape index (κ2) is 5.77. The molecule has 0 aliphatic carbocycles. The van der Waals surface area contributed by atoms with Crippen molar-refractivity contribution in [1.29, 1.82) is 0 Å². The largest absolute Gasteiger partial charge is 0.387 e. The number of imidazole rings is 1. The average molecular weight is 350 g/mol. The van der Waals surface area contributed by atoms with E-state index in [9.17, 15) is 9.50 Å². The molecule has 1 atom stereocenters. The zero-order valence-electron chi connectivity index (χ0n) is 12.2. The minimum absolute atomic E-state index is 0.262. The molecule has 3 aromatic rings. The third-order valence-electron chi connectivity index (χ3n) is 3.83. The number of nitrogens with zero attached hydrogens (tertiary/aromatic N) is 3. The number of nitrogens with one attached hydrogen (secondary N) is 1. The molecular weight excluding hydrogens is 335 g/mol. The fourth-order valence-corrected chi connectivity index (χ4v) is 4.58. The number of halogens is 1. The van der Waals surface area contributed by atoms with Gasteiger partial charge in [0.05, 0.1) is 17.5 Å². The summed E-state index contributed by atoms with van der Waals surface area (Å²) in [4.78, 5) is 5.28. The summed E-state index contributed by atoms with van der Waals surface area (Å²) in [7, 11) is 0. The lowest BCUT2D eigenvalue weighted by atomic mass is 10.0. The van der Waals surface area contributed by atoms with Crippen molar-refractivity contribution < 1.29 is 9.50 Å². The van der Waals surface area contributed by atoms with E-state index in [0.717, 1.165) is 39.3 Å². The first-order valence-corrected chi connectivity index (χ1v) is 9.25. The maximum absolute atomic E-state index is 13.0. The average Bonchev–Trinajstić information content (AvgIpc) is 3.21. The summed E-state index contributed by atoms with van der Waals surface area (Å²) < 4.78 is 14.7. The van der Waals surface area contributed by atoms with Crippen LogP contribution in [-0.2, 0) is 0 Å². The first-order valence-electron chi connectivity index (χ1n) is 7.28. The van der Waals surface area contributed by atoms with E-state index in [0.29, 0.717) is 6.54 Å². The van der Waals surface area contributed by atoms with E-state index in [4.69, 9.17) is 0 Å². The number of anilines is 1. The van der Waals surface area contributed by atoms with Crippen LogP contribution in [0.2, 0.25) is 0 Å². The number of benzene rings is 1. The highest BCUT2D eigenvalue weighted by Gasteiger charge is 2.31. The van der Waals surface area contributed by atoms with Gasteiger partial charge in [0.25, 0.3) is 0 Å². The second-order valence-electron chi connectivity index (χ2n) is 5.65. The monoisotopic (exact) mass is 350 g/mol. The summed E-state index contributed by atoms with van der Waals surface area (Å²) in [6.45, 7) is 0.501. The van der Waals surface area contributed by atoms with E-state index in [1.165, 1.54) is 23.5 Å². The van der Waals surface area contributed by atoms with Crippen molar-refractivity contribution in [1.82, 2.24) is 14.6 Å². The Hall–Kier alpha value is -1.64. The fourth-order valence-electron chi connectivity index (χ4n) is 2.51. The summed E-state index contributed by atoms with van der Waals surface area (Å²) in [6, 6.07) is 6.25. The van der Waals surface area contributed by atoms with E-state index in [-0.39, 0.29) is 5.82 Å². The topological polar surface area (TPSA) is 62.5 Å². The highest BCUT2D eigenvalue weighted by molar-refractivity contribution is 7.99. The van der Waals surface area contributed by atoms with Gasteiger partial charge in [-0.3, -0.25) is 0 Å². The van der Waals surface area contributed by atoms with Crippen LogP contribution >= 0.6 is 23.1 Å². The molecule has 0 bridgehead atoms. The SMILES string of the molecule is OC1(CNc2nn3cc(-c4ccc(F)cc4)nc3s2)CCSC1. The van der Waals surface area contributed by atoms with Gasteiger partial charge in [0.15, 0.2) is 0 Å². The minimum Gasteiger partial charge on any atom is -0.387 e. The number of fused-ring (bicyclic) bond motifs is 1. The Morgan fingerprint density at radius 3 is 2.87 bits per heavy atom. The van der Waals surface area contributed by atoms with Gasteiger partial charge in [-0.2, -0.15) is 11.8 Å². The van der Waals surface area contributed by atoms with E-state index < -0.39 is 5.60 Å². The van der Waals surface area contributed by atoms with Crippen LogP contribution < -0.4 is 5.32 Å². The molecule has 120 valence electrons. The number of aromatic nitrogens is 3. The minimum atomic E-state index is -0.641. The lowest BCUT2D eigenvalue weighted by Gasteiger charge is -2.20. The molecule has 8 heteroatoms. The first kappa shape index (κ1) is 14.9. The van der Waals surface area contributed by atoms with E-state index in [1.54, 1.807) is 28.4 Å². The Morgan fingerprint density at radius 2 is 2.17 bits per heavy atom. The molecule has 1 aliphatic heterocycles. The lowest BCUT2D eigenvalue weighted by Crippen LogP contribution is -2.36. The zero-order valence-corrected chi connectivity index (χ0v) is 13.8. The summed E-state index contributed by atoms with van der Waals surface area (Å²) in [5, 5.41) is 18.7. The van der Waals surface area contributed by atoms with Gasteiger partial charge in [0.1, 0.15) is 5.82 Å². The van der Waals surface area contributed by atoms with Crippen molar-refractivity contribution >= 4 is 33.2 Å². The molecule has 0 saturated carbocycles. The van der Waals surface area contributed by atoms with Gasteiger partial charge in [0.2, 0.25) is 10.1 Å². The summed E-state index contributed by atoms with van der Waals surface area (Å²) in [5.41, 5.74) is 0.981. The molecular formula is C15H15FN4OS2. The second-order valence-corrected chi connectivity index (χ2v) is 7.71. The van der Waals surface area contributed by atoms with Crippen LogP contribution in [0, 0.1) is 5.82 Å². The van der Waals surface area contributed by atoms with Crippen LogP contribution in [0.15, 0.2) is 30.5 Å². The smallest absolute Gasteiger partial charge is 0.214 e. The highest BCUT2D eigenvalue weighted by atomic mass is 32.2. The predicted molar refractivity (Wildman–Crippen MR) is 91.6 cm³/mol. The molecule has 0 spiro atoms. The van der Waals surface area contributed by atoms with E-state index in [2.05, 4.69) is 15.4 Å². The van der Waals surface area contributed by atoms with Crippen LogP contribution in [-0.4, -0.2) is 43.4 Å². The van der Waals surface area contributed by atoms with Crippen molar-refractivity contribution in [3.63, 3.8) is 0 Å². The quantitative estimate of drug-likeness (QED) is 0.758. The molecule has 1 aliphatic rings. The van der Waals surface area contributed by atoms with Gasteiger partial charge in [-0.1, -0.05) is 11.3 Å². The Balaban J connectivity index is 1.51. The lowest BCUT2D eigenvalue weighted by molar-refractivity contribution is 0.0820. The van der Waals surface area contributed by atoms with Gasteiger partial charge in [-0.05, 0) is 36.4 Å². The van der Waals surface area contributed by atoms with Gasteiger partial charge in [0, 0.05) is 17.9 Å². The van der Waals surface area contributed by atoms with Crippen molar-refractivity contribution in [2.24, 2.45) is 0 Å². The molecule has 2 N–H and O–H groups in total. The van der Waals surface area contributed by atoms with Gasteiger partial charge < -0.3 is 10.4 Å². The van der Waals surface area contributed by atoms with Crippen molar-refractivity contribution in [2.75, 3.05) is 23.4 Å². The molecule has 1 unspecified atom stereocenters. The molecule has 5 nitrogen and oxygen atoms in total. The Bertz CT molecular complexity index is 792. The predicted octanol–water partition coefficient (Wildman–Crippen LogP) is 2.88. The van der Waals surface area contributed by atoms with Gasteiger partial charge in [-0.25, -0.2) is 13.9 Å². The third-order valence-corrected chi connectivity index (χ3v) is 5.95. The summed E-state index contributed by atoms with van der Waals surface area (Å²) in [5.74, 6) is 1.50. The standard InChI is InChI=1S/C15H15FN4OS2/c16-11-3-1-10(2-4-11)12-7-20-14(18-12)23-13(19-20)17-8-15(21)5-6-22-9-15/h1-4,7,21H,5-6,8-9H2,(H,17,19). The molecule has 23 heavy (non-hydrogen) atoms. The molecule has 2 aromatic heterocycles. The molecule has 3 heterocycles. The maximum atomic E-state index is 13.0. The molecule has 1 aromatic carbocycles. The Labute approximate surface area is 140 Å². The molecule has 0 amide bonds. The van der Waals surface area contributed by atoms with Crippen molar-refractivity contribution in [3.05, 3.63) is 36.3 Å². The van der Waals surface area contributed by atoms with Crippen LogP contribution in [0.3, 0.4) is 0 Å². The fraction of sp³-hybridized carbons (Fsp3) is 0.333.